The molecule has 2 heteroatoms. The van der Waals surface area contributed by atoms with Crippen LogP contribution in [0.5, 0.6) is 0 Å². The van der Waals surface area contributed by atoms with Gasteiger partial charge in [-0.2, -0.15) is 0 Å². The molecule has 1 aromatic carbocycles. The van der Waals surface area contributed by atoms with E-state index in [-0.39, 0.29) is 12.6 Å². The van der Waals surface area contributed by atoms with Gasteiger partial charge in [0.2, 0.25) is 0 Å². The summed E-state index contributed by atoms with van der Waals surface area (Å²) in [6.45, 7) is 1.22. The fourth-order valence-electron chi connectivity index (χ4n) is 1.98. The first kappa shape index (κ1) is 10.7. The van der Waals surface area contributed by atoms with Gasteiger partial charge in [0.15, 0.2) is 0 Å². The molecule has 0 aliphatic heterocycles. The Hall–Kier alpha value is -0.860. The van der Waals surface area contributed by atoms with E-state index >= 15 is 0 Å². The number of rotatable bonds is 5. The molecular weight excluding hydrogens is 186 g/mol. The van der Waals surface area contributed by atoms with E-state index in [2.05, 4.69) is 17.4 Å². The number of benzene rings is 1. The van der Waals surface area contributed by atoms with E-state index in [1.165, 1.54) is 24.8 Å². The Morgan fingerprint density at radius 1 is 1.27 bits per heavy atom. The monoisotopic (exact) mass is 205 g/mol. The van der Waals surface area contributed by atoms with Gasteiger partial charge in [-0.25, -0.2) is 0 Å². The van der Waals surface area contributed by atoms with Crippen molar-refractivity contribution in [3.63, 3.8) is 0 Å². The van der Waals surface area contributed by atoms with Crippen LogP contribution in [-0.4, -0.2) is 18.3 Å². The van der Waals surface area contributed by atoms with Gasteiger partial charge in [0, 0.05) is 0 Å². The van der Waals surface area contributed by atoms with Crippen molar-refractivity contribution in [2.75, 3.05) is 13.2 Å². The third-order valence-corrected chi connectivity index (χ3v) is 3.26. The van der Waals surface area contributed by atoms with Crippen molar-refractivity contribution >= 4 is 0 Å². The van der Waals surface area contributed by atoms with E-state index < -0.39 is 0 Å². The maximum absolute atomic E-state index is 9.32. The van der Waals surface area contributed by atoms with Gasteiger partial charge in [-0.1, -0.05) is 36.8 Å². The number of aliphatic hydroxyl groups excluding tert-OH is 1. The molecule has 0 bridgehead atoms. The van der Waals surface area contributed by atoms with Crippen LogP contribution < -0.4 is 5.32 Å². The zero-order valence-electron chi connectivity index (χ0n) is 9.02. The zero-order chi connectivity index (χ0) is 10.5. The van der Waals surface area contributed by atoms with Crippen molar-refractivity contribution < 1.29 is 5.11 Å². The Labute approximate surface area is 91.3 Å². The second-order valence-electron chi connectivity index (χ2n) is 4.35. The first-order valence-corrected chi connectivity index (χ1v) is 5.79. The van der Waals surface area contributed by atoms with Crippen LogP contribution >= 0.6 is 0 Å². The summed E-state index contributed by atoms with van der Waals surface area (Å²) in [5, 5.41) is 12.8. The van der Waals surface area contributed by atoms with Gasteiger partial charge >= 0.3 is 0 Å². The van der Waals surface area contributed by atoms with Crippen molar-refractivity contribution in [1.29, 1.82) is 0 Å². The molecule has 1 aliphatic rings. The van der Waals surface area contributed by atoms with Crippen molar-refractivity contribution in [2.45, 2.75) is 25.3 Å². The minimum Gasteiger partial charge on any atom is -0.394 e. The molecule has 2 N–H and O–H groups in total. The van der Waals surface area contributed by atoms with Crippen LogP contribution in [-0.2, 0) is 0 Å². The van der Waals surface area contributed by atoms with Crippen molar-refractivity contribution in [2.24, 2.45) is 5.92 Å². The van der Waals surface area contributed by atoms with E-state index in [1.54, 1.807) is 0 Å². The Kier molecular flexibility index (Phi) is 3.75. The van der Waals surface area contributed by atoms with E-state index in [4.69, 9.17) is 0 Å². The molecule has 0 spiro atoms. The third-order valence-electron chi connectivity index (χ3n) is 3.26. The van der Waals surface area contributed by atoms with Crippen LogP contribution in [0.4, 0.5) is 0 Å². The molecule has 1 unspecified atom stereocenters. The maximum Gasteiger partial charge on any atom is 0.0626 e. The fraction of sp³-hybridized carbons (Fsp3) is 0.538. The fourth-order valence-corrected chi connectivity index (χ4v) is 1.98. The van der Waals surface area contributed by atoms with Gasteiger partial charge in [0.1, 0.15) is 0 Å². The summed E-state index contributed by atoms with van der Waals surface area (Å²) in [7, 11) is 0. The maximum atomic E-state index is 9.32. The lowest BCUT2D eigenvalue weighted by Gasteiger charge is -2.28. The van der Waals surface area contributed by atoms with Crippen molar-refractivity contribution in [3.05, 3.63) is 35.9 Å². The average molecular weight is 205 g/mol. The molecule has 0 aromatic heterocycles. The summed E-state index contributed by atoms with van der Waals surface area (Å²) in [6, 6.07) is 10.3. The molecule has 0 radical (unpaired) electrons. The molecule has 0 amide bonds. The van der Waals surface area contributed by atoms with Crippen molar-refractivity contribution in [3.8, 4) is 0 Å². The second kappa shape index (κ2) is 5.29. The first-order valence-electron chi connectivity index (χ1n) is 5.79. The highest BCUT2D eigenvalue weighted by atomic mass is 16.3. The lowest BCUT2D eigenvalue weighted by atomic mass is 9.85. The summed E-state index contributed by atoms with van der Waals surface area (Å²) in [5.41, 5.74) is 1.18. The van der Waals surface area contributed by atoms with Gasteiger partial charge in [0.05, 0.1) is 12.6 Å². The van der Waals surface area contributed by atoms with Gasteiger partial charge < -0.3 is 10.4 Å². The molecule has 2 nitrogen and oxygen atoms in total. The largest absolute Gasteiger partial charge is 0.394 e. The van der Waals surface area contributed by atoms with Gasteiger partial charge in [-0.05, 0) is 30.9 Å². The van der Waals surface area contributed by atoms with E-state index in [9.17, 15) is 5.11 Å². The molecule has 2 rings (SSSR count). The predicted octanol–water partition coefficient (Wildman–Crippen LogP) is 2.11. The van der Waals surface area contributed by atoms with E-state index in [1.807, 2.05) is 18.2 Å². The minimum atomic E-state index is 0.104. The Balaban J connectivity index is 1.86. The molecule has 1 fully saturated rings. The first-order chi connectivity index (χ1) is 7.40. The lowest BCUT2D eigenvalue weighted by Crippen LogP contribution is -2.32. The molecule has 0 heterocycles. The highest BCUT2D eigenvalue weighted by Crippen LogP contribution is 2.26. The second-order valence-corrected chi connectivity index (χ2v) is 4.35. The zero-order valence-corrected chi connectivity index (χ0v) is 9.02. The third kappa shape index (κ3) is 2.80. The molecule has 1 atom stereocenters. The smallest absolute Gasteiger partial charge is 0.0626 e. The van der Waals surface area contributed by atoms with Crippen molar-refractivity contribution in [1.82, 2.24) is 5.32 Å². The van der Waals surface area contributed by atoms with Crippen LogP contribution in [0.2, 0.25) is 0 Å². The van der Waals surface area contributed by atoms with Crippen LogP contribution in [0.3, 0.4) is 0 Å². The standard InChI is InChI=1S/C13H19NO/c15-10-13(12-7-2-1-3-8-12)14-9-11-5-4-6-11/h1-3,7-8,11,13-15H,4-6,9-10H2. The molecular formula is C13H19NO. The SMILES string of the molecule is OCC(NCC1CCC1)c1ccccc1. The van der Waals surface area contributed by atoms with E-state index in [0.717, 1.165) is 12.5 Å². The topological polar surface area (TPSA) is 32.3 Å². The quantitative estimate of drug-likeness (QED) is 0.771. The Morgan fingerprint density at radius 2 is 2.00 bits per heavy atom. The summed E-state index contributed by atoms with van der Waals surface area (Å²) in [4.78, 5) is 0. The van der Waals surface area contributed by atoms with Crippen LogP contribution in [0.1, 0.15) is 30.9 Å². The summed E-state index contributed by atoms with van der Waals surface area (Å²) >= 11 is 0. The van der Waals surface area contributed by atoms with Crippen LogP contribution in [0, 0.1) is 5.92 Å². The highest BCUT2D eigenvalue weighted by Gasteiger charge is 2.18. The van der Waals surface area contributed by atoms with Gasteiger partial charge in [0.25, 0.3) is 0 Å². The molecule has 1 aliphatic carbocycles. The predicted molar refractivity (Wildman–Crippen MR) is 61.6 cm³/mol. The van der Waals surface area contributed by atoms with Gasteiger partial charge in [-0.3, -0.25) is 0 Å². The number of hydrogen-bond acceptors (Lipinski definition) is 2. The summed E-state index contributed by atoms with van der Waals surface area (Å²) in [6.07, 6.45) is 4.07. The molecule has 1 saturated carbocycles. The molecule has 1 aromatic rings. The average Bonchev–Trinajstić information content (AvgIpc) is 2.23. The van der Waals surface area contributed by atoms with E-state index in [0.29, 0.717) is 0 Å². The summed E-state index contributed by atoms with van der Waals surface area (Å²) < 4.78 is 0. The molecule has 15 heavy (non-hydrogen) atoms. The Bertz CT molecular complexity index is 282. The number of aliphatic hydroxyl groups is 1. The molecule has 0 saturated heterocycles. The van der Waals surface area contributed by atoms with Gasteiger partial charge in [-0.15, -0.1) is 0 Å². The number of nitrogens with one attached hydrogen (secondary N) is 1. The molecule has 82 valence electrons. The van der Waals surface area contributed by atoms with Crippen LogP contribution in [0.25, 0.3) is 0 Å². The number of hydrogen-bond donors (Lipinski definition) is 2. The minimum absolute atomic E-state index is 0.104. The Morgan fingerprint density at radius 3 is 2.53 bits per heavy atom. The van der Waals surface area contributed by atoms with Crippen LogP contribution in [0.15, 0.2) is 30.3 Å². The lowest BCUT2D eigenvalue weighted by molar-refractivity contribution is 0.222. The highest BCUT2D eigenvalue weighted by molar-refractivity contribution is 5.18. The summed E-state index contributed by atoms with van der Waals surface area (Å²) in [5.74, 6) is 0.836. The normalized spacial score (nSPS) is 18.5.